The molecule has 0 spiro atoms. The van der Waals surface area contributed by atoms with Crippen LogP contribution in [0.5, 0.6) is 0 Å². The molecule has 2 bridgehead atoms. The highest BCUT2D eigenvalue weighted by molar-refractivity contribution is 6.23. The number of ether oxygens (including phenoxy) is 1. The second kappa shape index (κ2) is 6.09. The molecule has 5 heteroatoms. The summed E-state index contributed by atoms with van der Waals surface area (Å²) in [7, 11) is 2.07. The van der Waals surface area contributed by atoms with Crippen LogP contribution in [-0.4, -0.2) is 29.2 Å². The molecule has 1 aliphatic carbocycles. The first-order valence-electron chi connectivity index (χ1n) is 12.4. The summed E-state index contributed by atoms with van der Waals surface area (Å²) < 4.78 is 9.62. The van der Waals surface area contributed by atoms with E-state index in [1.807, 2.05) is 0 Å². The van der Waals surface area contributed by atoms with E-state index in [1.54, 1.807) is 0 Å². The third-order valence-electron chi connectivity index (χ3n) is 9.36. The van der Waals surface area contributed by atoms with Gasteiger partial charge in [0.2, 0.25) is 0 Å². The van der Waals surface area contributed by atoms with Gasteiger partial charge in [-0.25, -0.2) is 0 Å². The van der Waals surface area contributed by atoms with Crippen molar-refractivity contribution in [1.29, 1.82) is 0 Å². The second-order valence-electron chi connectivity index (χ2n) is 10.6. The standard InChI is InChI=1S/C29H27N3O2/c1-14-19(30-3)12-21-32-20-11-7-6-10-17(20)23-24-18(13-31-28(24)33)22-15-8-4-5-9-16(15)26(25(22)27(23)32)29(14,2)34-21/h4-11,14,19,21,26,30H,12-13H2,1-3H3,(H,31,33)/t14-,19-,21-,26?,29+/m0/s1. The molecule has 2 N–H and O–H groups in total. The van der Waals surface area contributed by atoms with Crippen LogP contribution < -0.4 is 10.6 Å². The lowest BCUT2D eigenvalue weighted by Gasteiger charge is -2.50. The molecule has 1 saturated heterocycles. The summed E-state index contributed by atoms with van der Waals surface area (Å²) in [5, 5.41) is 9.02. The summed E-state index contributed by atoms with van der Waals surface area (Å²) in [6, 6.07) is 17.7. The number of nitrogens with zero attached hydrogens (tertiary/aromatic N) is 1. The van der Waals surface area contributed by atoms with Crippen LogP contribution in [0.3, 0.4) is 0 Å². The maximum atomic E-state index is 13.3. The van der Waals surface area contributed by atoms with Gasteiger partial charge in [-0.1, -0.05) is 49.4 Å². The van der Waals surface area contributed by atoms with E-state index in [0.717, 1.165) is 33.8 Å². The monoisotopic (exact) mass is 449 g/mol. The molecule has 3 aliphatic heterocycles. The molecule has 34 heavy (non-hydrogen) atoms. The fraction of sp³-hybridized carbons (Fsp3) is 0.345. The van der Waals surface area contributed by atoms with Gasteiger partial charge in [-0.05, 0) is 47.9 Å². The van der Waals surface area contributed by atoms with Crippen molar-refractivity contribution in [1.82, 2.24) is 15.2 Å². The van der Waals surface area contributed by atoms with E-state index < -0.39 is 0 Å². The quantitative estimate of drug-likeness (QED) is 0.427. The minimum atomic E-state index is -0.380. The largest absolute Gasteiger partial charge is 0.350 e. The molecule has 1 unspecified atom stereocenters. The summed E-state index contributed by atoms with van der Waals surface area (Å²) in [5.41, 5.74) is 9.20. The number of amides is 1. The Labute approximate surface area is 198 Å². The zero-order chi connectivity index (χ0) is 22.9. The van der Waals surface area contributed by atoms with Gasteiger partial charge in [0.05, 0.1) is 22.2 Å². The normalized spacial score (nSPS) is 30.4. The number of hydrogen-bond donors (Lipinski definition) is 2. The van der Waals surface area contributed by atoms with Crippen molar-refractivity contribution in [3.8, 4) is 11.1 Å². The summed E-state index contributed by atoms with van der Waals surface area (Å²) in [4.78, 5) is 13.3. The summed E-state index contributed by atoms with van der Waals surface area (Å²) in [6.45, 7) is 5.25. The van der Waals surface area contributed by atoms with Gasteiger partial charge in [-0.15, -0.1) is 0 Å². The van der Waals surface area contributed by atoms with E-state index in [1.165, 1.54) is 27.8 Å². The Balaban J connectivity index is 1.65. The molecular weight excluding hydrogens is 422 g/mol. The van der Waals surface area contributed by atoms with Crippen LogP contribution in [-0.2, 0) is 11.3 Å². The minimum absolute atomic E-state index is 0.0439. The molecule has 5 atom stereocenters. The molecule has 1 aromatic heterocycles. The topological polar surface area (TPSA) is 55.3 Å². The first-order valence-corrected chi connectivity index (χ1v) is 12.4. The summed E-state index contributed by atoms with van der Waals surface area (Å²) in [6.07, 6.45) is 0.804. The van der Waals surface area contributed by atoms with Crippen LogP contribution in [0.1, 0.15) is 59.5 Å². The molecule has 4 aliphatic rings. The highest BCUT2D eigenvalue weighted by atomic mass is 16.5. The number of benzene rings is 3. The minimum Gasteiger partial charge on any atom is -0.350 e. The summed E-state index contributed by atoms with van der Waals surface area (Å²) >= 11 is 0. The number of aromatic nitrogens is 1. The van der Waals surface area contributed by atoms with Crippen LogP contribution in [0.15, 0.2) is 48.5 Å². The number of para-hydroxylation sites is 1. The molecule has 1 fully saturated rings. The maximum absolute atomic E-state index is 13.3. The first kappa shape index (κ1) is 19.2. The van der Waals surface area contributed by atoms with Crippen LogP contribution in [0.4, 0.5) is 0 Å². The van der Waals surface area contributed by atoms with E-state index in [2.05, 4.69) is 84.6 Å². The molecule has 1 amide bonds. The van der Waals surface area contributed by atoms with Gasteiger partial charge in [-0.3, -0.25) is 4.79 Å². The van der Waals surface area contributed by atoms with Crippen molar-refractivity contribution >= 4 is 27.7 Å². The van der Waals surface area contributed by atoms with Crippen LogP contribution in [0.2, 0.25) is 0 Å². The highest BCUT2D eigenvalue weighted by Crippen LogP contribution is 2.62. The predicted octanol–water partition coefficient (Wildman–Crippen LogP) is 5.07. The van der Waals surface area contributed by atoms with Crippen LogP contribution in [0.25, 0.3) is 32.9 Å². The molecule has 0 saturated carbocycles. The molecule has 4 aromatic rings. The number of rotatable bonds is 1. The Hall–Kier alpha value is -3.15. The number of carbonyl (C=O) groups is 1. The van der Waals surface area contributed by atoms with E-state index >= 15 is 0 Å². The van der Waals surface area contributed by atoms with Crippen molar-refractivity contribution < 1.29 is 9.53 Å². The number of hydrogen-bond acceptors (Lipinski definition) is 3. The van der Waals surface area contributed by atoms with Crippen LogP contribution in [0, 0.1) is 5.92 Å². The fourth-order valence-corrected chi connectivity index (χ4v) is 7.76. The van der Waals surface area contributed by atoms with E-state index in [0.29, 0.717) is 18.5 Å². The first-order chi connectivity index (χ1) is 16.5. The van der Waals surface area contributed by atoms with Crippen molar-refractivity contribution in [2.24, 2.45) is 5.92 Å². The molecule has 0 radical (unpaired) electrons. The SMILES string of the molecule is CN[C@H]1C[C@@H]2O[C@@](C)(C3c4ccccc4-c4c5c(c6c7ccccc7n2c6c43)C(=O)NC5)[C@H]1C. The van der Waals surface area contributed by atoms with Gasteiger partial charge in [-0.2, -0.15) is 0 Å². The average Bonchev–Trinajstić information content (AvgIpc) is 3.48. The zero-order valence-corrected chi connectivity index (χ0v) is 19.6. The maximum Gasteiger partial charge on any atom is 0.252 e. The molecular formula is C29H27N3O2. The van der Waals surface area contributed by atoms with Gasteiger partial charge in [0.1, 0.15) is 6.23 Å². The zero-order valence-electron chi connectivity index (χ0n) is 19.6. The third-order valence-corrected chi connectivity index (χ3v) is 9.36. The van der Waals surface area contributed by atoms with Gasteiger partial charge < -0.3 is 19.9 Å². The molecule has 4 heterocycles. The Morgan fingerprint density at radius 3 is 2.76 bits per heavy atom. The number of carbonyl (C=O) groups excluding carboxylic acids is 1. The predicted molar refractivity (Wildman–Crippen MR) is 133 cm³/mol. The Morgan fingerprint density at radius 2 is 1.91 bits per heavy atom. The lowest BCUT2D eigenvalue weighted by Crippen LogP contribution is -2.55. The molecule has 8 rings (SSSR count). The smallest absolute Gasteiger partial charge is 0.252 e. The van der Waals surface area contributed by atoms with E-state index in [-0.39, 0.29) is 23.7 Å². The van der Waals surface area contributed by atoms with Crippen molar-refractivity contribution in [3.05, 3.63) is 70.8 Å². The Morgan fingerprint density at radius 1 is 1.12 bits per heavy atom. The van der Waals surface area contributed by atoms with Crippen molar-refractivity contribution in [2.45, 2.75) is 50.6 Å². The highest BCUT2D eigenvalue weighted by Gasteiger charge is 2.56. The second-order valence-corrected chi connectivity index (χ2v) is 10.6. The number of fused-ring (bicyclic) bond motifs is 13. The van der Waals surface area contributed by atoms with Crippen LogP contribution >= 0.6 is 0 Å². The van der Waals surface area contributed by atoms with Gasteiger partial charge in [0, 0.05) is 41.6 Å². The van der Waals surface area contributed by atoms with Gasteiger partial charge >= 0.3 is 0 Å². The van der Waals surface area contributed by atoms with E-state index in [4.69, 9.17) is 4.74 Å². The molecule has 3 aromatic carbocycles. The third kappa shape index (κ3) is 1.96. The lowest BCUT2D eigenvalue weighted by molar-refractivity contribution is -0.187. The molecule has 170 valence electrons. The Kier molecular flexibility index (Phi) is 3.44. The van der Waals surface area contributed by atoms with Crippen molar-refractivity contribution in [2.75, 3.05) is 7.05 Å². The fourth-order valence-electron chi connectivity index (χ4n) is 7.76. The summed E-state index contributed by atoms with van der Waals surface area (Å²) in [5.74, 6) is 0.473. The lowest BCUT2D eigenvalue weighted by atomic mass is 9.69. The average molecular weight is 450 g/mol. The molecule has 5 nitrogen and oxygen atoms in total. The van der Waals surface area contributed by atoms with E-state index in [9.17, 15) is 4.79 Å². The number of nitrogens with one attached hydrogen (secondary N) is 2. The Bertz CT molecular complexity index is 1580. The van der Waals surface area contributed by atoms with Crippen molar-refractivity contribution in [3.63, 3.8) is 0 Å². The van der Waals surface area contributed by atoms with Gasteiger partial charge in [0.15, 0.2) is 0 Å². The van der Waals surface area contributed by atoms with Gasteiger partial charge in [0.25, 0.3) is 5.91 Å².